The van der Waals surface area contributed by atoms with Crippen molar-refractivity contribution in [1.82, 2.24) is 9.78 Å². The number of para-hydroxylation sites is 1. The third-order valence-corrected chi connectivity index (χ3v) is 2.47. The third-order valence-electron chi connectivity index (χ3n) is 2.47. The van der Waals surface area contributed by atoms with Gasteiger partial charge in [-0.3, -0.25) is 4.79 Å². The van der Waals surface area contributed by atoms with Crippen molar-refractivity contribution in [3.05, 3.63) is 40.7 Å². The van der Waals surface area contributed by atoms with E-state index in [1.807, 2.05) is 12.1 Å². The third kappa shape index (κ3) is 1.01. The molecule has 0 unspecified atom stereocenters. The van der Waals surface area contributed by atoms with Crippen molar-refractivity contribution >= 4 is 22.1 Å². The summed E-state index contributed by atoms with van der Waals surface area (Å²) >= 11 is 0. The van der Waals surface area contributed by atoms with Crippen molar-refractivity contribution < 1.29 is 4.42 Å². The molecule has 0 fully saturated rings. The van der Waals surface area contributed by atoms with Gasteiger partial charge in [-0.05, 0) is 12.1 Å². The van der Waals surface area contributed by atoms with Gasteiger partial charge in [0.25, 0.3) is 0 Å². The highest BCUT2D eigenvalue weighted by Crippen LogP contribution is 2.16. The minimum Gasteiger partial charge on any atom is -0.438 e. The van der Waals surface area contributed by atoms with Crippen LogP contribution in [0.1, 0.15) is 0 Å². The maximum Gasteiger partial charge on any atom is 0.228 e. The van der Waals surface area contributed by atoms with E-state index in [1.54, 1.807) is 23.9 Å². The van der Waals surface area contributed by atoms with Gasteiger partial charge in [-0.2, -0.15) is 5.10 Å². The monoisotopic (exact) mass is 200 g/mol. The number of aromatic nitrogens is 2. The molecule has 0 aliphatic carbocycles. The van der Waals surface area contributed by atoms with Gasteiger partial charge in [0, 0.05) is 7.05 Å². The van der Waals surface area contributed by atoms with Gasteiger partial charge in [-0.1, -0.05) is 12.1 Å². The zero-order valence-electron chi connectivity index (χ0n) is 8.10. The molecule has 3 aromatic rings. The summed E-state index contributed by atoms with van der Waals surface area (Å²) in [5.41, 5.74) is 1.08. The van der Waals surface area contributed by atoms with Gasteiger partial charge < -0.3 is 4.42 Å². The van der Waals surface area contributed by atoms with Gasteiger partial charge in [-0.25, -0.2) is 4.68 Å². The van der Waals surface area contributed by atoms with Crippen molar-refractivity contribution in [1.29, 1.82) is 0 Å². The Balaban J connectivity index is 2.68. The number of hydrogen-bond donors (Lipinski definition) is 0. The molecule has 0 bridgehead atoms. The number of benzene rings is 1. The Bertz CT molecular complexity index is 709. The molecule has 2 heterocycles. The first-order chi connectivity index (χ1) is 7.27. The first-order valence-electron chi connectivity index (χ1n) is 4.61. The maximum atomic E-state index is 12.0. The smallest absolute Gasteiger partial charge is 0.228 e. The SMILES string of the molecule is Cn1ncc2c(=O)c3ccccc3oc21. The quantitative estimate of drug-likeness (QED) is 0.554. The standard InChI is InChI=1S/C11H8N2O2/c1-13-11-8(6-12-13)10(14)7-4-2-3-5-9(7)15-11/h2-6H,1H3. The topological polar surface area (TPSA) is 48.0 Å². The minimum absolute atomic E-state index is 0.0278. The van der Waals surface area contributed by atoms with Gasteiger partial charge in [-0.15, -0.1) is 0 Å². The largest absolute Gasteiger partial charge is 0.438 e. The van der Waals surface area contributed by atoms with Crippen LogP contribution in [0.4, 0.5) is 0 Å². The first kappa shape index (κ1) is 8.23. The van der Waals surface area contributed by atoms with Crippen molar-refractivity contribution in [2.45, 2.75) is 0 Å². The Morgan fingerprint density at radius 3 is 2.93 bits per heavy atom. The summed E-state index contributed by atoms with van der Waals surface area (Å²) in [6.07, 6.45) is 1.54. The summed E-state index contributed by atoms with van der Waals surface area (Å²) in [7, 11) is 1.75. The van der Waals surface area contributed by atoms with Crippen LogP contribution < -0.4 is 5.43 Å². The second-order valence-electron chi connectivity index (χ2n) is 3.41. The average Bonchev–Trinajstić information content (AvgIpc) is 2.62. The molecule has 0 N–H and O–H groups in total. The number of rotatable bonds is 0. The van der Waals surface area contributed by atoms with Gasteiger partial charge in [0.15, 0.2) is 0 Å². The van der Waals surface area contributed by atoms with Crippen LogP contribution in [-0.4, -0.2) is 9.78 Å². The fourth-order valence-electron chi connectivity index (χ4n) is 1.70. The zero-order valence-corrected chi connectivity index (χ0v) is 8.10. The van der Waals surface area contributed by atoms with E-state index >= 15 is 0 Å². The molecule has 2 aromatic heterocycles. The van der Waals surface area contributed by atoms with Crippen LogP contribution in [0.15, 0.2) is 39.7 Å². The summed E-state index contributed by atoms with van der Waals surface area (Å²) in [4.78, 5) is 12.0. The van der Waals surface area contributed by atoms with Gasteiger partial charge in [0.2, 0.25) is 11.1 Å². The fourth-order valence-corrected chi connectivity index (χ4v) is 1.70. The van der Waals surface area contributed by atoms with E-state index in [4.69, 9.17) is 4.42 Å². The Hall–Kier alpha value is -2.10. The Kier molecular flexibility index (Phi) is 1.48. The highest BCUT2D eigenvalue weighted by molar-refractivity contribution is 5.87. The summed E-state index contributed by atoms with van der Waals surface area (Å²) in [6.45, 7) is 0. The Labute approximate surface area is 84.7 Å². The Morgan fingerprint density at radius 1 is 1.27 bits per heavy atom. The fraction of sp³-hybridized carbons (Fsp3) is 0.0909. The molecule has 74 valence electrons. The second-order valence-corrected chi connectivity index (χ2v) is 3.41. The molecule has 4 nitrogen and oxygen atoms in total. The molecule has 1 aromatic carbocycles. The summed E-state index contributed by atoms with van der Waals surface area (Å²) in [5.74, 6) is 0. The van der Waals surface area contributed by atoms with Crippen molar-refractivity contribution in [2.75, 3.05) is 0 Å². The van der Waals surface area contributed by atoms with E-state index < -0.39 is 0 Å². The lowest BCUT2D eigenvalue weighted by Gasteiger charge is -1.97. The lowest BCUT2D eigenvalue weighted by Crippen LogP contribution is -2.01. The van der Waals surface area contributed by atoms with E-state index in [1.165, 1.54) is 6.20 Å². The molecule has 0 radical (unpaired) electrons. The highest BCUT2D eigenvalue weighted by atomic mass is 16.3. The molecule has 3 rings (SSSR count). The average molecular weight is 200 g/mol. The predicted octanol–water partition coefficient (Wildman–Crippen LogP) is 1.68. The van der Waals surface area contributed by atoms with Crippen LogP contribution in [0.2, 0.25) is 0 Å². The number of hydrogen-bond acceptors (Lipinski definition) is 3. The summed E-state index contributed by atoms with van der Waals surface area (Å²) in [6, 6.07) is 7.20. The first-order valence-corrected chi connectivity index (χ1v) is 4.61. The van der Waals surface area contributed by atoms with Crippen LogP contribution in [-0.2, 0) is 7.05 Å². The summed E-state index contributed by atoms with van der Waals surface area (Å²) in [5, 5.41) is 5.12. The Morgan fingerprint density at radius 2 is 2.07 bits per heavy atom. The molecular formula is C11H8N2O2. The molecular weight excluding hydrogens is 192 g/mol. The molecule has 0 saturated heterocycles. The predicted molar refractivity (Wildman–Crippen MR) is 56.8 cm³/mol. The van der Waals surface area contributed by atoms with E-state index in [0.29, 0.717) is 22.1 Å². The normalized spacial score (nSPS) is 11.3. The second kappa shape index (κ2) is 2.70. The molecule has 0 aliphatic heterocycles. The highest BCUT2D eigenvalue weighted by Gasteiger charge is 2.09. The number of aryl methyl sites for hydroxylation is 1. The molecule has 0 atom stereocenters. The van der Waals surface area contributed by atoms with Crippen LogP contribution >= 0.6 is 0 Å². The van der Waals surface area contributed by atoms with Crippen LogP contribution in [0.3, 0.4) is 0 Å². The number of nitrogens with zero attached hydrogens (tertiary/aromatic N) is 2. The molecule has 0 aliphatic rings. The lowest BCUT2D eigenvalue weighted by molar-refractivity contribution is 0.600. The molecule has 0 amide bonds. The summed E-state index contributed by atoms with van der Waals surface area (Å²) < 4.78 is 7.16. The van der Waals surface area contributed by atoms with E-state index in [0.717, 1.165) is 0 Å². The molecule has 0 saturated carbocycles. The van der Waals surface area contributed by atoms with Gasteiger partial charge in [0.1, 0.15) is 11.0 Å². The van der Waals surface area contributed by atoms with Crippen LogP contribution in [0.5, 0.6) is 0 Å². The molecule has 15 heavy (non-hydrogen) atoms. The maximum absolute atomic E-state index is 12.0. The van der Waals surface area contributed by atoms with Crippen molar-refractivity contribution in [3.8, 4) is 0 Å². The van der Waals surface area contributed by atoms with Crippen molar-refractivity contribution in [3.63, 3.8) is 0 Å². The minimum atomic E-state index is -0.0278. The van der Waals surface area contributed by atoms with Gasteiger partial charge in [0.05, 0.1) is 11.6 Å². The zero-order chi connectivity index (χ0) is 10.4. The van der Waals surface area contributed by atoms with E-state index in [-0.39, 0.29) is 5.43 Å². The number of fused-ring (bicyclic) bond motifs is 2. The molecule has 4 heteroatoms. The van der Waals surface area contributed by atoms with Crippen LogP contribution in [0.25, 0.3) is 22.1 Å². The van der Waals surface area contributed by atoms with Gasteiger partial charge >= 0.3 is 0 Å². The van der Waals surface area contributed by atoms with E-state index in [2.05, 4.69) is 5.10 Å². The van der Waals surface area contributed by atoms with Crippen molar-refractivity contribution in [2.24, 2.45) is 7.05 Å². The van der Waals surface area contributed by atoms with Crippen LogP contribution in [0, 0.1) is 0 Å². The lowest BCUT2D eigenvalue weighted by atomic mass is 10.2. The van der Waals surface area contributed by atoms with E-state index in [9.17, 15) is 4.79 Å². The molecule has 0 spiro atoms.